The van der Waals surface area contributed by atoms with E-state index in [-0.39, 0.29) is 10.9 Å². The number of benzene rings is 1. The lowest BCUT2D eigenvalue weighted by atomic mass is 10.0. The smallest absolute Gasteiger partial charge is 0.317 e. The van der Waals surface area contributed by atoms with Gasteiger partial charge in [0.15, 0.2) is 0 Å². The van der Waals surface area contributed by atoms with E-state index in [2.05, 4.69) is 0 Å². The van der Waals surface area contributed by atoms with Gasteiger partial charge in [0.25, 0.3) is 0 Å². The number of rotatable bonds is 3. The maximum atomic E-state index is 13.5. The van der Waals surface area contributed by atoms with E-state index in [0.717, 1.165) is 24.0 Å². The van der Waals surface area contributed by atoms with Crippen molar-refractivity contribution < 1.29 is 22.6 Å². The number of hydrogen-bond acceptors (Lipinski definition) is 4. The molecule has 7 nitrogen and oxygen atoms in total. The number of nitrogens with zero attached hydrogens (tertiary/aromatic N) is 3. The quantitative estimate of drug-likeness (QED) is 0.553. The number of carbonyl (C=O) groups excluding carboxylic acids is 2. The van der Waals surface area contributed by atoms with Gasteiger partial charge in [-0.15, -0.1) is 0 Å². The largest absolute Gasteiger partial charge is 0.477 e. The van der Waals surface area contributed by atoms with Crippen LogP contribution in [0.25, 0.3) is 0 Å². The summed E-state index contributed by atoms with van der Waals surface area (Å²) >= 11 is 0. The Morgan fingerprint density at radius 3 is 2.48 bits per heavy atom. The number of hydrogen-bond donors (Lipinski definition) is 0. The molecule has 0 saturated carbocycles. The molecule has 2 amide bonds. The second-order valence-electron chi connectivity index (χ2n) is 7.74. The van der Waals surface area contributed by atoms with Crippen LogP contribution in [0, 0.1) is 6.92 Å². The molecule has 0 spiro atoms. The molecule has 2 atom stereocenters. The average Bonchev–Trinajstić information content (AvgIpc) is 3.21. The van der Waals surface area contributed by atoms with Gasteiger partial charge < -0.3 is 4.90 Å². The van der Waals surface area contributed by atoms with Gasteiger partial charge in [-0.3, -0.25) is 4.79 Å². The van der Waals surface area contributed by atoms with Crippen LogP contribution in [0.1, 0.15) is 30.0 Å². The van der Waals surface area contributed by atoms with Gasteiger partial charge in [-0.2, -0.15) is 8.88 Å². The van der Waals surface area contributed by atoms with Crippen LogP contribution in [0.3, 0.4) is 0 Å². The van der Waals surface area contributed by atoms with Gasteiger partial charge in [-0.25, -0.2) is 13.2 Å². The fourth-order valence-electron chi connectivity index (χ4n) is 4.18. The Kier molecular flexibility index (Phi) is 4.78. The molecule has 1 aliphatic carbocycles. The first-order chi connectivity index (χ1) is 13.7. The SMILES string of the molecule is Cc1ccc(C2CCCN2S(=O)(=O)C2=CC3C(=[N+](C)C(=O)C(=O)N3C)C=C2)cc1. The van der Waals surface area contributed by atoms with Crippen molar-refractivity contribution in [3.8, 4) is 0 Å². The molecule has 0 radical (unpaired) electrons. The highest BCUT2D eigenvalue weighted by Gasteiger charge is 2.45. The molecule has 29 heavy (non-hydrogen) atoms. The molecule has 1 aromatic carbocycles. The summed E-state index contributed by atoms with van der Waals surface area (Å²) in [4.78, 5) is 25.7. The summed E-state index contributed by atoms with van der Waals surface area (Å²) in [6.07, 6.45) is 6.28. The zero-order valence-electron chi connectivity index (χ0n) is 16.7. The predicted molar refractivity (Wildman–Crippen MR) is 109 cm³/mol. The number of aryl methyl sites for hydroxylation is 1. The third kappa shape index (κ3) is 3.16. The molecule has 0 aromatic heterocycles. The first kappa shape index (κ1) is 19.7. The minimum absolute atomic E-state index is 0.160. The molecule has 4 rings (SSSR count). The van der Waals surface area contributed by atoms with Crippen LogP contribution in [0.2, 0.25) is 0 Å². The minimum Gasteiger partial charge on any atom is -0.317 e. The molecule has 0 bridgehead atoms. The van der Waals surface area contributed by atoms with E-state index in [0.29, 0.717) is 12.3 Å². The molecule has 8 heteroatoms. The van der Waals surface area contributed by atoms with Crippen LogP contribution < -0.4 is 0 Å². The highest BCUT2D eigenvalue weighted by Crippen LogP contribution is 2.37. The zero-order chi connectivity index (χ0) is 20.9. The molecule has 3 aliphatic rings. The Balaban J connectivity index is 1.70. The molecular formula is C21H24N3O4S+. The third-order valence-electron chi connectivity index (χ3n) is 5.93. The number of amides is 2. The lowest BCUT2D eigenvalue weighted by molar-refractivity contribution is -0.418. The van der Waals surface area contributed by atoms with Crippen molar-refractivity contribution in [1.82, 2.24) is 9.21 Å². The van der Waals surface area contributed by atoms with Gasteiger partial charge in [0.05, 0.1) is 10.9 Å². The number of carbonyl (C=O) groups is 2. The Morgan fingerprint density at radius 2 is 1.79 bits per heavy atom. The van der Waals surface area contributed by atoms with Gasteiger partial charge in [0, 0.05) is 19.7 Å². The Labute approximate surface area is 170 Å². The van der Waals surface area contributed by atoms with E-state index in [1.165, 1.54) is 29.6 Å². The summed E-state index contributed by atoms with van der Waals surface area (Å²) in [5.41, 5.74) is 2.71. The van der Waals surface area contributed by atoms with Gasteiger partial charge in [0.1, 0.15) is 13.1 Å². The number of likely N-dealkylation sites (N-methyl/N-ethyl adjacent to an activating group) is 2. The molecule has 2 heterocycles. The van der Waals surface area contributed by atoms with Crippen LogP contribution >= 0.6 is 0 Å². The van der Waals surface area contributed by atoms with E-state index in [1.54, 1.807) is 16.5 Å². The fraction of sp³-hybridized carbons (Fsp3) is 0.381. The van der Waals surface area contributed by atoms with Crippen molar-refractivity contribution in [2.75, 3.05) is 20.6 Å². The van der Waals surface area contributed by atoms with Gasteiger partial charge in [-0.05, 0) is 37.5 Å². The summed E-state index contributed by atoms with van der Waals surface area (Å²) < 4.78 is 29.8. The molecule has 152 valence electrons. The van der Waals surface area contributed by atoms with Gasteiger partial charge >= 0.3 is 11.8 Å². The highest BCUT2D eigenvalue weighted by atomic mass is 32.2. The Hall–Kier alpha value is -2.58. The van der Waals surface area contributed by atoms with E-state index in [4.69, 9.17) is 0 Å². The molecule has 1 saturated heterocycles. The molecule has 1 aromatic rings. The van der Waals surface area contributed by atoms with E-state index >= 15 is 0 Å². The molecule has 2 aliphatic heterocycles. The maximum Gasteiger partial charge on any atom is 0.477 e. The van der Waals surface area contributed by atoms with Crippen molar-refractivity contribution in [2.45, 2.75) is 31.8 Å². The number of allylic oxidation sites excluding steroid dienone is 1. The van der Waals surface area contributed by atoms with Crippen LogP contribution in [-0.4, -0.2) is 66.4 Å². The van der Waals surface area contributed by atoms with Crippen molar-refractivity contribution in [1.29, 1.82) is 0 Å². The number of sulfonamides is 1. The van der Waals surface area contributed by atoms with Crippen LogP contribution in [-0.2, 0) is 19.6 Å². The van der Waals surface area contributed by atoms with E-state index in [9.17, 15) is 18.0 Å². The lowest BCUT2D eigenvalue weighted by Gasteiger charge is -2.30. The van der Waals surface area contributed by atoms with Crippen molar-refractivity contribution in [3.63, 3.8) is 0 Å². The average molecular weight is 415 g/mol. The summed E-state index contributed by atoms with van der Waals surface area (Å²) in [6, 6.07) is 7.18. The standard InChI is InChI=1S/C21H24N3O4S/c1-14-6-8-15(9-7-14)17-5-4-12-24(17)29(27,28)16-10-11-18-19(13-16)23(3)21(26)20(25)22(18)2/h6-11,13,17,19H,4-5,12H2,1-3H3/q+1. The number of fused-ring (bicyclic) bond motifs is 1. The Bertz CT molecular complexity index is 1080. The second-order valence-corrected chi connectivity index (χ2v) is 9.63. The van der Waals surface area contributed by atoms with Crippen molar-refractivity contribution >= 4 is 27.5 Å². The summed E-state index contributed by atoms with van der Waals surface area (Å²) in [5.74, 6) is -1.27. The van der Waals surface area contributed by atoms with Crippen molar-refractivity contribution in [3.05, 3.63) is 58.5 Å². The molecule has 0 N–H and O–H groups in total. The molecule has 2 unspecified atom stereocenters. The van der Waals surface area contributed by atoms with E-state index in [1.807, 2.05) is 31.2 Å². The maximum absolute atomic E-state index is 13.5. The minimum atomic E-state index is -3.74. The fourth-order valence-corrected chi connectivity index (χ4v) is 5.92. The molecule has 1 fully saturated rings. The summed E-state index contributed by atoms with van der Waals surface area (Å²) in [5, 5.41) is 0. The normalized spacial score (nSPS) is 25.5. The van der Waals surface area contributed by atoms with Crippen molar-refractivity contribution in [2.24, 2.45) is 0 Å². The first-order valence-electron chi connectivity index (χ1n) is 9.62. The predicted octanol–water partition coefficient (Wildman–Crippen LogP) is 1.37. The first-order valence-corrected chi connectivity index (χ1v) is 11.1. The van der Waals surface area contributed by atoms with Gasteiger partial charge in [-0.1, -0.05) is 29.8 Å². The Morgan fingerprint density at radius 1 is 1.10 bits per heavy atom. The zero-order valence-corrected chi connectivity index (χ0v) is 17.5. The van der Waals surface area contributed by atoms with E-state index < -0.39 is 27.9 Å². The second kappa shape index (κ2) is 7.03. The summed E-state index contributed by atoms with van der Waals surface area (Å²) in [7, 11) is -0.693. The monoisotopic (exact) mass is 414 g/mol. The van der Waals surface area contributed by atoms with Crippen LogP contribution in [0.5, 0.6) is 0 Å². The van der Waals surface area contributed by atoms with Crippen LogP contribution in [0.15, 0.2) is 47.4 Å². The summed E-state index contributed by atoms with van der Waals surface area (Å²) in [6.45, 7) is 2.46. The molecular weight excluding hydrogens is 390 g/mol. The highest BCUT2D eigenvalue weighted by molar-refractivity contribution is 7.93. The third-order valence-corrected chi connectivity index (χ3v) is 7.85. The topological polar surface area (TPSA) is 77.8 Å². The lowest BCUT2D eigenvalue weighted by Crippen LogP contribution is -2.55. The van der Waals surface area contributed by atoms with Crippen LogP contribution in [0.4, 0.5) is 0 Å². The van der Waals surface area contributed by atoms with Gasteiger partial charge in [0.2, 0.25) is 15.7 Å².